The molecule has 0 bridgehead atoms. The van der Waals surface area contributed by atoms with Crippen LogP contribution in [0.15, 0.2) is 18.2 Å². The average molecular weight is 278 g/mol. The van der Waals surface area contributed by atoms with E-state index in [1.807, 2.05) is 18.2 Å². The molecule has 4 N–H and O–H groups in total. The van der Waals surface area contributed by atoms with Gasteiger partial charge >= 0.3 is 11.9 Å². The second-order valence-electron chi connectivity index (χ2n) is 3.97. The fourth-order valence-electron chi connectivity index (χ4n) is 1.63. The Balaban J connectivity index is 0.000000286. The number of carboxylic acids is 2. The van der Waals surface area contributed by atoms with Crippen molar-refractivity contribution in [2.24, 2.45) is 5.73 Å². The zero-order valence-electron chi connectivity index (χ0n) is 10.6. The third-order valence-electron chi connectivity index (χ3n) is 2.74. The van der Waals surface area contributed by atoms with E-state index in [1.54, 1.807) is 6.07 Å². The number of pyridine rings is 1. The third kappa shape index (κ3) is 3.93. The molecule has 0 aromatic carbocycles. The quantitative estimate of drug-likeness (QED) is 0.623. The van der Waals surface area contributed by atoms with Gasteiger partial charge in [0.05, 0.1) is 0 Å². The normalized spacial score (nSPS) is 16.2. The minimum absolute atomic E-state index is 0.399. The number of nitriles is 1. The molecule has 0 spiro atoms. The topological polar surface area (TPSA) is 141 Å². The lowest BCUT2D eigenvalue weighted by molar-refractivity contribution is -0.159. The van der Waals surface area contributed by atoms with Crippen LogP contribution < -0.4 is 10.6 Å². The van der Waals surface area contributed by atoms with Gasteiger partial charge in [0.15, 0.2) is 0 Å². The van der Waals surface area contributed by atoms with E-state index in [0.717, 1.165) is 18.8 Å². The molecule has 8 heteroatoms. The van der Waals surface area contributed by atoms with Gasteiger partial charge in [-0.1, -0.05) is 6.07 Å². The van der Waals surface area contributed by atoms with Gasteiger partial charge in [0, 0.05) is 19.1 Å². The van der Waals surface area contributed by atoms with Crippen molar-refractivity contribution in [1.82, 2.24) is 4.98 Å². The average Bonchev–Trinajstić information content (AvgIpc) is 2.39. The highest BCUT2D eigenvalue weighted by atomic mass is 16.4. The van der Waals surface area contributed by atoms with E-state index >= 15 is 0 Å². The van der Waals surface area contributed by atoms with Crippen LogP contribution in [-0.2, 0) is 9.59 Å². The van der Waals surface area contributed by atoms with Crippen molar-refractivity contribution in [3.8, 4) is 6.07 Å². The first-order valence-corrected chi connectivity index (χ1v) is 5.79. The predicted octanol–water partition coefficient (Wildman–Crippen LogP) is -0.354. The van der Waals surface area contributed by atoms with Gasteiger partial charge in [-0.05, 0) is 18.6 Å². The van der Waals surface area contributed by atoms with Crippen molar-refractivity contribution in [1.29, 1.82) is 5.26 Å². The number of nitrogens with zero attached hydrogens (tertiary/aromatic N) is 3. The Morgan fingerprint density at radius 1 is 1.45 bits per heavy atom. The molecule has 1 aliphatic rings. The van der Waals surface area contributed by atoms with E-state index in [4.69, 9.17) is 30.8 Å². The summed E-state index contributed by atoms with van der Waals surface area (Å²) in [5, 5.41) is 23.5. The molecule has 1 aromatic heterocycles. The molecular formula is C12H14N4O4. The minimum atomic E-state index is -1.82. The SMILES string of the molecule is N#Cc1cccc(N2CCC2CN)n1.O=C(O)C(=O)O. The zero-order valence-corrected chi connectivity index (χ0v) is 10.6. The first kappa shape index (κ1) is 15.4. The van der Waals surface area contributed by atoms with E-state index in [9.17, 15) is 0 Å². The first-order chi connectivity index (χ1) is 9.49. The summed E-state index contributed by atoms with van der Waals surface area (Å²) < 4.78 is 0. The third-order valence-corrected chi connectivity index (χ3v) is 2.74. The number of rotatable bonds is 2. The van der Waals surface area contributed by atoms with Crippen molar-refractivity contribution in [3.63, 3.8) is 0 Å². The lowest BCUT2D eigenvalue weighted by atomic mass is 10.0. The van der Waals surface area contributed by atoms with E-state index in [1.165, 1.54) is 0 Å². The van der Waals surface area contributed by atoms with Gasteiger partial charge in [0.1, 0.15) is 17.6 Å². The molecule has 2 heterocycles. The van der Waals surface area contributed by atoms with E-state index < -0.39 is 11.9 Å². The summed E-state index contributed by atoms with van der Waals surface area (Å²) in [6.45, 7) is 1.64. The molecular weight excluding hydrogens is 264 g/mol. The molecule has 1 aromatic rings. The lowest BCUT2D eigenvalue weighted by Crippen LogP contribution is -2.52. The maximum atomic E-state index is 9.10. The molecule has 0 aliphatic carbocycles. The van der Waals surface area contributed by atoms with Crippen molar-refractivity contribution >= 4 is 17.8 Å². The second kappa shape index (κ2) is 7.06. The van der Waals surface area contributed by atoms with E-state index in [2.05, 4.69) is 9.88 Å². The van der Waals surface area contributed by atoms with Crippen LogP contribution >= 0.6 is 0 Å². The summed E-state index contributed by atoms with van der Waals surface area (Å²) in [5.41, 5.74) is 6.06. The van der Waals surface area contributed by atoms with Crippen LogP contribution in [0.5, 0.6) is 0 Å². The summed E-state index contributed by atoms with van der Waals surface area (Å²) in [6.07, 6.45) is 1.12. The van der Waals surface area contributed by atoms with Crippen molar-refractivity contribution in [3.05, 3.63) is 23.9 Å². The first-order valence-electron chi connectivity index (χ1n) is 5.79. The van der Waals surface area contributed by atoms with Crippen LogP contribution in [-0.4, -0.2) is 46.3 Å². The Bertz CT molecular complexity index is 527. The molecule has 2 rings (SSSR count). The summed E-state index contributed by atoms with van der Waals surface area (Å²) >= 11 is 0. The molecule has 1 fully saturated rings. The van der Waals surface area contributed by atoms with E-state index in [0.29, 0.717) is 18.3 Å². The molecule has 20 heavy (non-hydrogen) atoms. The van der Waals surface area contributed by atoms with E-state index in [-0.39, 0.29) is 0 Å². The molecule has 0 amide bonds. The number of aliphatic carboxylic acids is 2. The highest BCUT2D eigenvalue weighted by molar-refractivity contribution is 6.27. The molecule has 106 valence electrons. The summed E-state index contributed by atoms with van der Waals surface area (Å²) in [6, 6.07) is 7.92. The van der Waals surface area contributed by atoms with Crippen molar-refractivity contribution in [2.45, 2.75) is 12.5 Å². The van der Waals surface area contributed by atoms with Crippen LogP contribution in [0.1, 0.15) is 12.1 Å². The number of aromatic nitrogens is 1. The Kier molecular flexibility index (Phi) is 5.43. The highest BCUT2D eigenvalue weighted by Crippen LogP contribution is 2.23. The molecule has 1 atom stereocenters. The Hall–Kier alpha value is -2.66. The Labute approximate surface area is 115 Å². The van der Waals surface area contributed by atoms with Gasteiger partial charge in [-0.25, -0.2) is 14.6 Å². The maximum Gasteiger partial charge on any atom is 0.414 e. The number of carboxylic acid groups (broad SMARTS) is 2. The molecule has 1 aliphatic heterocycles. The van der Waals surface area contributed by atoms with Crippen LogP contribution in [0.25, 0.3) is 0 Å². The van der Waals surface area contributed by atoms with Gasteiger partial charge in [0.2, 0.25) is 0 Å². The Morgan fingerprint density at radius 2 is 2.10 bits per heavy atom. The number of hydrogen-bond acceptors (Lipinski definition) is 6. The number of nitrogens with two attached hydrogens (primary N) is 1. The minimum Gasteiger partial charge on any atom is -0.473 e. The highest BCUT2D eigenvalue weighted by Gasteiger charge is 2.27. The predicted molar refractivity (Wildman–Crippen MR) is 69.0 cm³/mol. The molecule has 0 saturated carbocycles. The van der Waals surface area contributed by atoms with Crippen molar-refractivity contribution < 1.29 is 19.8 Å². The summed E-state index contributed by atoms with van der Waals surface area (Å²) in [5.74, 6) is -2.78. The number of hydrogen-bond donors (Lipinski definition) is 3. The van der Waals surface area contributed by atoms with Crippen LogP contribution in [0.4, 0.5) is 5.82 Å². The van der Waals surface area contributed by atoms with Gasteiger partial charge in [-0.15, -0.1) is 0 Å². The molecule has 8 nitrogen and oxygen atoms in total. The number of anilines is 1. The molecule has 1 saturated heterocycles. The van der Waals surface area contributed by atoms with Crippen LogP contribution in [0.3, 0.4) is 0 Å². The largest absolute Gasteiger partial charge is 0.473 e. The smallest absolute Gasteiger partial charge is 0.414 e. The van der Waals surface area contributed by atoms with Crippen LogP contribution in [0, 0.1) is 11.3 Å². The van der Waals surface area contributed by atoms with Crippen molar-refractivity contribution in [2.75, 3.05) is 18.0 Å². The standard InChI is InChI=1S/C10H12N4.C2H2O4/c11-6-8-2-1-3-10(13-8)14-5-4-9(14)7-12;3-1(4)2(5)6/h1-3,9H,4-5,7,12H2;(H,3,4)(H,5,6). The fourth-order valence-corrected chi connectivity index (χ4v) is 1.63. The monoisotopic (exact) mass is 278 g/mol. The summed E-state index contributed by atoms with van der Waals surface area (Å²) in [4.78, 5) is 24.6. The Morgan fingerprint density at radius 3 is 2.50 bits per heavy atom. The zero-order chi connectivity index (χ0) is 15.1. The van der Waals surface area contributed by atoms with Gasteiger partial charge in [0.25, 0.3) is 0 Å². The summed E-state index contributed by atoms with van der Waals surface area (Å²) in [7, 11) is 0. The number of carbonyl (C=O) groups is 2. The molecule has 0 radical (unpaired) electrons. The van der Waals surface area contributed by atoms with Gasteiger partial charge in [-0.3, -0.25) is 0 Å². The second-order valence-corrected chi connectivity index (χ2v) is 3.97. The van der Waals surface area contributed by atoms with Gasteiger partial charge < -0.3 is 20.8 Å². The van der Waals surface area contributed by atoms with Crippen LogP contribution in [0.2, 0.25) is 0 Å². The molecule has 1 unspecified atom stereocenters. The van der Waals surface area contributed by atoms with Gasteiger partial charge in [-0.2, -0.15) is 5.26 Å². The lowest BCUT2D eigenvalue weighted by Gasteiger charge is -2.41. The maximum absolute atomic E-state index is 9.10. The fraction of sp³-hybridized carbons (Fsp3) is 0.333.